The molecule has 0 aliphatic heterocycles. The summed E-state index contributed by atoms with van der Waals surface area (Å²) in [6.45, 7) is 3.69. The maximum absolute atomic E-state index is 12.1. The monoisotopic (exact) mass is 327 g/mol. The topological polar surface area (TPSA) is 3.24 Å². The summed E-state index contributed by atoms with van der Waals surface area (Å²) >= 11 is -10.2. The van der Waals surface area contributed by atoms with E-state index in [9.17, 15) is 14.5 Å². The Kier molecular flexibility index (Phi) is 2.27. The van der Waals surface area contributed by atoms with Crippen molar-refractivity contribution >= 4 is 26.8 Å². The molecule has 0 radical (unpaired) electrons. The van der Waals surface area contributed by atoms with E-state index in [1.54, 1.807) is 0 Å². The fourth-order valence-electron chi connectivity index (χ4n) is 0.518. The third kappa shape index (κ3) is 3.56. The van der Waals surface area contributed by atoms with Crippen molar-refractivity contribution in [3.05, 3.63) is 0 Å². The zero-order valence-corrected chi connectivity index (χ0v) is 10.6. The van der Waals surface area contributed by atoms with Gasteiger partial charge in [-0.1, -0.05) is 0 Å². The van der Waals surface area contributed by atoms with Gasteiger partial charge < -0.3 is 0 Å². The molecule has 0 amide bonds. The quantitative estimate of drug-likeness (QED) is 0.557. The Balaban J connectivity index is 5.11. The second-order valence-corrected chi connectivity index (χ2v) is 16.5. The molecule has 8 heteroatoms. The average Bonchev–Trinajstić information content (AvgIpc) is 1.54. The first-order chi connectivity index (χ1) is 4.64. The van der Waals surface area contributed by atoms with E-state index in [4.69, 9.17) is 0 Å². The molecule has 0 aromatic heterocycles. The normalized spacial score (nSPS) is 20.5. The van der Waals surface area contributed by atoms with Crippen LogP contribution in [0.5, 0.6) is 0 Å². The molecule has 0 heterocycles. The van der Waals surface area contributed by atoms with Crippen LogP contribution in [0, 0.1) is 0 Å². The summed E-state index contributed by atoms with van der Waals surface area (Å²) in [6, 6.07) is 0. The third-order valence-electron chi connectivity index (χ3n) is 1.46. The zero-order valence-electron chi connectivity index (χ0n) is 7.25. The number of halogens is 5. The molecule has 0 N–H and O–H groups in total. The molecule has 0 bridgehead atoms. The first-order valence-corrected chi connectivity index (χ1v) is 12.0. The van der Waals surface area contributed by atoms with Gasteiger partial charge in [-0.25, -0.2) is 0 Å². The zero-order chi connectivity index (χ0) is 10.5. The van der Waals surface area contributed by atoms with E-state index in [0.717, 1.165) is 0 Å². The minimum absolute atomic E-state index is 0.456. The van der Waals surface area contributed by atoms with Crippen molar-refractivity contribution in [2.45, 2.75) is 19.6 Å². The Morgan fingerprint density at radius 3 is 1.17 bits per heavy atom. The molecular formula is C4H12F5NSiTe. The van der Waals surface area contributed by atoms with Crippen molar-refractivity contribution in [3.63, 3.8) is 0 Å². The van der Waals surface area contributed by atoms with Crippen LogP contribution >= 0.6 is 0 Å². The summed E-state index contributed by atoms with van der Waals surface area (Å²) in [5.74, 6) is 0. The fourth-order valence-corrected chi connectivity index (χ4v) is 10.4. The van der Waals surface area contributed by atoms with Gasteiger partial charge in [-0.15, -0.1) is 0 Å². The second-order valence-electron chi connectivity index (χ2n) is 3.60. The minimum atomic E-state index is -10.2. The molecular weight excluding hydrogens is 313 g/mol. The molecule has 0 spiro atoms. The summed E-state index contributed by atoms with van der Waals surface area (Å²) in [5.41, 5.74) is 0. The van der Waals surface area contributed by atoms with Crippen molar-refractivity contribution in [2.75, 3.05) is 7.05 Å². The number of nitrogens with zero attached hydrogens (tertiary/aromatic N) is 1. The van der Waals surface area contributed by atoms with Gasteiger partial charge in [-0.3, -0.25) is 0 Å². The predicted molar refractivity (Wildman–Crippen MR) is 42.4 cm³/mol. The fraction of sp³-hybridized carbons (Fsp3) is 1.00. The number of rotatable bonds is 2. The Hall–Kier alpha value is 0.616. The van der Waals surface area contributed by atoms with Gasteiger partial charge in [0.2, 0.25) is 0 Å². The predicted octanol–water partition coefficient (Wildman–Crippen LogP) is 2.94. The van der Waals surface area contributed by atoms with Gasteiger partial charge in [0.1, 0.15) is 0 Å². The van der Waals surface area contributed by atoms with Crippen molar-refractivity contribution in [1.29, 1.82) is 0 Å². The molecule has 0 unspecified atom stereocenters. The van der Waals surface area contributed by atoms with Gasteiger partial charge in [0.25, 0.3) is 0 Å². The van der Waals surface area contributed by atoms with Crippen LogP contribution in [0.4, 0.5) is 14.5 Å². The van der Waals surface area contributed by atoms with Crippen molar-refractivity contribution in [1.82, 2.24) is 2.82 Å². The van der Waals surface area contributed by atoms with E-state index in [1.807, 2.05) is 0 Å². The van der Waals surface area contributed by atoms with Gasteiger partial charge in [0, 0.05) is 0 Å². The Bertz CT molecular complexity index is 189. The maximum atomic E-state index is 12.1. The van der Waals surface area contributed by atoms with Gasteiger partial charge >= 0.3 is 70.7 Å². The van der Waals surface area contributed by atoms with Crippen LogP contribution in [-0.2, 0) is 0 Å². The summed E-state index contributed by atoms with van der Waals surface area (Å²) in [7, 11) is -2.54. The van der Waals surface area contributed by atoms with Crippen LogP contribution in [0.15, 0.2) is 0 Å². The molecule has 0 aliphatic rings. The molecule has 0 saturated carbocycles. The van der Waals surface area contributed by atoms with Crippen LogP contribution in [0.25, 0.3) is 0 Å². The summed E-state index contributed by atoms with van der Waals surface area (Å²) in [5, 5.41) is 0. The number of hydrogen-bond acceptors (Lipinski definition) is 1. The van der Waals surface area contributed by atoms with Crippen molar-refractivity contribution < 1.29 is 14.5 Å². The van der Waals surface area contributed by atoms with E-state index >= 15 is 0 Å². The molecule has 78 valence electrons. The van der Waals surface area contributed by atoms with Crippen LogP contribution in [0.2, 0.25) is 19.6 Å². The van der Waals surface area contributed by atoms with Crippen molar-refractivity contribution in [2.24, 2.45) is 0 Å². The van der Waals surface area contributed by atoms with Gasteiger partial charge in [0.05, 0.1) is 0 Å². The first-order valence-electron chi connectivity index (χ1n) is 3.12. The van der Waals surface area contributed by atoms with E-state index in [1.165, 1.54) is 19.6 Å². The van der Waals surface area contributed by atoms with E-state index in [-0.39, 0.29) is 0 Å². The van der Waals surface area contributed by atoms with Gasteiger partial charge in [-0.05, 0) is 0 Å². The third-order valence-corrected chi connectivity index (χ3v) is 13.3. The van der Waals surface area contributed by atoms with E-state index in [2.05, 4.69) is 0 Å². The molecule has 0 aliphatic carbocycles. The molecule has 0 aromatic rings. The summed E-state index contributed by atoms with van der Waals surface area (Å²) in [4.78, 5) is 0. The average molecular weight is 325 g/mol. The van der Waals surface area contributed by atoms with E-state index in [0.29, 0.717) is 7.05 Å². The molecule has 12 heavy (non-hydrogen) atoms. The van der Waals surface area contributed by atoms with Gasteiger partial charge in [0.15, 0.2) is 0 Å². The van der Waals surface area contributed by atoms with Gasteiger partial charge in [-0.2, -0.15) is 0 Å². The van der Waals surface area contributed by atoms with E-state index < -0.39 is 29.6 Å². The van der Waals surface area contributed by atoms with Crippen LogP contribution < -0.4 is 0 Å². The van der Waals surface area contributed by atoms with Crippen molar-refractivity contribution in [3.8, 4) is 0 Å². The molecule has 0 atom stereocenters. The Morgan fingerprint density at radius 2 is 1.17 bits per heavy atom. The molecule has 0 aromatic carbocycles. The van der Waals surface area contributed by atoms with Crippen LogP contribution in [0.3, 0.4) is 0 Å². The number of hydrogen-bond donors (Lipinski definition) is 0. The summed E-state index contributed by atoms with van der Waals surface area (Å²) in [6.07, 6.45) is 0. The standard InChI is InChI=1S/C4H12F5NSiTe/c1-10(11(2,3)4)12(5,6,7,8)9/h1-4H3. The first kappa shape index (κ1) is 12.6. The Morgan fingerprint density at radius 1 is 0.917 bits per heavy atom. The summed E-state index contributed by atoms with van der Waals surface area (Å²) < 4.78 is 60.1. The SMILES string of the molecule is CN([Si](C)(C)C)[Te](F)(F)(F)(F)F. The molecule has 0 saturated heterocycles. The molecule has 1 nitrogen and oxygen atoms in total. The second kappa shape index (κ2) is 2.16. The Labute approximate surface area is 71.0 Å². The van der Waals surface area contributed by atoms with Crippen LogP contribution in [-0.4, -0.2) is 36.6 Å². The molecule has 0 fully saturated rings. The van der Waals surface area contributed by atoms with Crippen LogP contribution in [0.1, 0.15) is 0 Å². The molecule has 0 rings (SSSR count).